The number of ketones is 1. The molecule has 0 saturated carbocycles. The summed E-state index contributed by atoms with van der Waals surface area (Å²) < 4.78 is 5.43. The molecule has 1 aromatic heterocycles. The number of Topliss-reactive ketones (excluding diaryl/α,β-unsaturated/α-hetero) is 1. The van der Waals surface area contributed by atoms with Crippen molar-refractivity contribution in [2.45, 2.75) is 70.8 Å². The fourth-order valence-electron chi connectivity index (χ4n) is 4.50. The molecule has 2 fully saturated rings. The predicted octanol–water partition coefficient (Wildman–Crippen LogP) is 3.98. The molecule has 2 saturated heterocycles. The Morgan fingerprint density at radius 3 is 2.68 bits per heavy atom. The number of nitrogens with one attached hydrogen (secondary N) is 2. The molecule has 3 heterocycles. The van der Waals surface area contributed by atoms with Crippen molar-refractivity contribution in [3.63, 3.8) is 0 Å². The number of carbonyl (C=O) groups excluding carboxylic acids is 1. The van der Waals surface area contributed by atoms with Gasteiger partial charge in [0, 0.05) is 47.7 Å². The average molecular weight is 427 g/mol. The van der Waals surface area contributed by atoms with Gasteiger partial charge in [0.1, 0.15) is 0 Å². The van der Waals surface area contributed by atoms with Crippen LogP contribution in [0.4, 0.5) is 5.95 Å². The Kier molecular flexibility index (Phi) is 8.00. The third-order valence-electron chi connectivity index (χ3n) is 6.71. The molecule has 1 atom stereocenters. The topological polar surface area (TPSA) is 76.1 Å². The van der Waals surface area contributed by atoms with Crippen LogP contribution in [-0.2, 0) is 21.4 Å². The van der Waals surface area contributed by atoms with E-state index in [-0.39, 0.29) is 5.78 Å². The number of allylic oxidation sites excluding steroid dienone is 2. The van der Waals surface area contributed by atoms with Crippen molar-refractivity contribution in [1.29, 1.82) is 0 Å². The molecule has 0 radical (unpaired) electrons. The molecule has 0 amide bonds. The summed E-state index contributed by atoms with van der Waals surface area (Å²) in [6.45, 7) is 18.0. The second-order valence-corrected chi connectivity index (χ2v) is 9.39. The second kappa shape index (κ2) is 10.5. The zero-order valence-corrected chi connectivity index (χ0v) is 19.4. The van der Waals surface area contributed by atoms with Crippen molar-refractivity contribution < 1.29 is 9.53 Å². The molecule has 3 rings (SSSR count). The van der Waals surface area contributed by atoms with E-state index in [0.29, 0.717) is 29.1 Å². The predicted molar refractivity (Wildman–Crippen MR) is 125 cm³/mol. The van der Waals surface area contributed by atoms with E-state index < -0.39 is 5.41 Å². The van der Waals surface area contributed by atoms with Crippen LogP contribution in [0.3, 0.4) is 0 Å². The minimum Gasteiger partial charge on any atom is -0.381 e. The Balaban J connectivity index is 1.71. The number of aryl methyl sites for hydroxylation is 1. The lowest BCUT2D eigenvalue weighted by atomic mass is 9.74. The molecular weight excluding hydrogens is 388 g/mol. The van der Waals surface area contributed by atoms with E-state index >= 15 is 0 Å². The Morgan fingerprint density at radius 2 is 2.03 bits per heavy atom. The summed E-state index contributed by atoms with van der Waals surface area (Å²) in [6.07, 6.45) is 7.57. The molecule has 2 aliphatic rings. The Bertz CT molecular complexity index is 806. The molecule has 31 heavy (non-hydrogen) atoms. The first-order valence-electron chi connectivity index (χ1n) is 11.7. The van der Waals surface area contributed by atoms with Gasteiger partial charge in [0.2, 0.25) is 5.95 Å². The first-order chi connectivity index (χ1) is 14.8. The van der Waals surface area contributed by atoms with Crippen molar-refractivity contribution in [2.24, 2.45) is 5.92 Å². The van der Waals surface area contributed by atoms with Crippen molar-refractivity contribution in [1.82, 2.24) is 15.3 Å². The van der Waals surface area contributed by atoms with Gasteiger partial charge in [0.05, 0.1) is 0 Å². The van der Waals surface area contributed by atoms with Gasteiger partial charge in [-0.3, -0.25) is 4.79 Å². The Labute approximate surface area is 187 Å². The smallest absolute Gasteiger partial charge is 0.223 e. The first-order valence-corrected chi connectivity index (χ1v) is 11.7. The van der Waals surface area contributed by atoms with Gasteiger partial charge in [0.25, 0.3) is 0 Å². The summed E-state index contributed by atoms with van der Waals surface area (Å²) in [7, 11) is 0. The molecule has 0 aliphatic carbocycles. The maximum atomic E-state index is 13.2. The zero-order chi connectivity index (χ0) is 22.4. The van der Waals surface area contributed by atoms with E-state index in [4.69, 9.17) is 9.72 Å². The van der Waals surface area contributed by atoms with E-state index in [1.165, 1.54) is 0 Å². The van der Waals surface area contributed by atoms with Crippen molar-refractivity contribution >= 4 is 11.7 Å². The van der Waals surface area contributed by atoms with Crippen molar-refractivity contribution in [3.05, 3.63) is 41.8 Å². The fourth-order valence-corrected chi connectivity index (χ4v) is 4.50. The molecule has 6 nitrogen and oxygen atoms in total. The van der Waals surface area contributed by atoms with Crippen LogP contribution < -0.4 is 10.6 Å². The van der Waals surface area contributed by atoms with Crippen LogP contribution in [0.15, 0.2) is 30.5 Å². The summed E-state index contributed by atoms with van der Waals surface area (Å²) in [5.74, 6) is 1.10. The Hall–Kier alpha value is -2.05. The number of carbonyl (C=O) groups is 1. The largest absolute Gasteiger partial charge is 0.381 e. The number of piperidine rings is 1. The monoisotopic (exact) mass is 426 g/mol. The third kappa shape index (κ3) is 5.80. The quantitative estimate of drug-likeness (QED) is 0.582. The van der Waals surface area contributed by atoms with Gasteiger partial charge in [-0.05, 0) is 63.1 Å². The highest BCUT2D eigenvalue weighted by Gasteiger charge is 2.33. The number of nitrogens with zero attached hydrogens (tertiary/aromatic N) is 2. The van der Waals surface area contributed by atoms with Crippen LogP contribution in [-0.4, -0.2) is 48.1 Å². The molecule has 1 aromatic rings. The molecule has 170 valence electrons. The lowest BCUT2D eigenvalue weighted by molar-refractivity contribution is -0.113. The average Bonchev–Trinajstić information content (AvgIpc) is 2.79. The molecule has 6 heteroatoms. The highest BCUT2D eigenvalue weighted by atomic mass is 16.5. The van der Waals surface area contributed by atoms with E-state index in [1.54, 1.807) is 0 Å². The molecule has 2 N–H and O–H groups in total. The summed E-state index contributed by atoms with van der Waals surface area (Å²) in [4.78, 5) is 22.5. The van der Waals surface area contributed by atoms with Crippen LogP contribution in [0, 0.1) is 5.92 Å². The van der Waals surface area contributed by atoms with Crippen LogP contribution in [0.2, 0.25) is 0 Å². The maximum absolute atomic E-state index is 13.2. The summed E-state index contributed by atoms with van der Waals surface area (Å²) >= 11 is 0. The zero-order valence-electron chi connectivity index (χ0n) is 19.4. The maximum Gasteiger partial charge on any atom is 0.223 e. The summed E-state index contributed by atoms with van der Waals surface area (Å²) in [6, 6.07) is 0.339. The van der Waals surface area contributed by atoms with Crippen molar-refractivity contribution in [3.8, 4) is 0 Å². The number of hydrogen-bond acceptors (Lipinski definition) is 6. The first kappa shape index (κ1) is 23.6. The highest BCUT2D eigenvalue weighted by molar-refractivity contribution is 6.09. The molecule has 0 spiro atoms. The standard InChI is InChI=1S/C25H38N4O2/c1-6-22-21(16-27-24(29-22)28-20-9-12-31-13-10-20)25(4,5)18(3)23(30)17(2)14-19-8-7-11-26-15-19/h16,19-20,26H,2-3,6-15H2,1,4-5H3,(H,27,28,29). The van der Waals surface area contributed by atoms with E-state index in [2.05, 4.69) is 35.7 Å². The number of hydrogen-bond donors (Lipinski definition) is 2. The van der Waals surface area contributed by atoms with Gasteiger partial charge in [-0.1, -0.05) is 33.9 Å². The normalized spacial score (nSPS) is 20.3. The van der Waals surface area contributed by atoms with Gasteiger partial charge >= 0.3 is 0 Å². The number of rotatable bonds is 9. The minimum atomic E-state index is -0.562. The Morgan fingerprint density at radius 1 is 1.29 bits per heavy atom. The van der Waals surface area contributed by atoms with Gasteiger partial charge in [-0.15, -0.1) is 0 Å². The van der Waals surface area contributed by atoms with Gasteiger partial charge in [-0.25, -0.2) is 9.97 Å². The van der Waals surface area contributed by atoms with Crippen LogP contribution >= 0.6 is 0 Å². The minimum absolute atomic E-state index is 0.0259. The van der Waals surface area contributed by atoms with Gasteiger partial charge < -0.3 is 15.4 Å². The van der Waals surface area contributed by atoms with Crippen LogP contribution in [0.1, 0.15) is 64.1 Å². The molecule has 1 unspecified atom stereocenters. The SMILES string of the molecule is C=C(CC1CCCNC1)C(=O)C(=C)C(C)(C)c1cnc(NC2CCOCC2)nc1CC. The van der Waals surface area contributed by atoms with Crippen LogP contribution in [0.5, 0.6) is 0 Å². The van der Waals surface area contributed by atoms with E-state index in [9.17, 15) is 4.79 Å². The molecule has 0 aromatic carbocycles. The van der Waals surface area contributed by atoms with Crippen molar-refractivity contribution in [2.75, 3.05) is 31.6 Å². The highest BCUT2D eigenvalue weighted by Crippen LogP contribution is 2.35. The van der Waals surface area contributed by atoms with Crippen LogP contribution in [0.25, 0.3) is 0 Å². The van der Waals surface area contributed by atoms with E-state index in [0.717, 1.165) is 76.1 Å². The summed E-state index contributed by atoms with van der Waals surface area (Å²) in [5.41, 5.74) is 2.56. The summed E-state index contributed by atoms with van der Waals surface area (Å²) in [5, 5.41) is 6.85. The fraction of sp³-hybridized carbons (Fsp3) is 0.640. The lowest BCUT2D eigenvalue weighted by Gasteiger charge is -2.30. The lowest BCUT2D eigenvalue weighted by Crippen LogP contribution is -2.32. The number of ether oxygens (including phenoxy) is 1. The number of anilines is 1. The van der Waals surface area contributed by atoms with E-state index in [1.807, 2.05) is 20.0 Å². The van der Waals surface area contributed by atoms with Gasteiger partial charge in [0.15, 0.2) is 5.78 Å². The van der Waals surface area contributed by atoms with Gasteiger partial charge in [-0.2, -0.15) is 0 Å². The molecular formula is C25H38N4O2. The second-order valence-electron chi connectivity index (χ2n) is 9.39. The molecule has 2 aliphatic heterocycles. The number of aromatic nitrogens is 2. The molecule has 0 bridgehead atoms. The third-order valence-corrected chi connectivity index (χ3v) is 6.71.